The zero-order valence-corrected chi connectivity index (χ0v) is 24.5. The van der Waals surface area contributed by atoms with Crippen LogP contribution < -0.4 is 15.0 Å². The third-order valence-corrected chi connectivity index (χ3v) is 7.54. The van der Waals surface area contributed by atoms with Crippen LogP contribution in [0.1, 0.15) is 31.8 Å². The molecule has 220 valence electrons. The molecule has 0 radical (unpaired) electrons. The third kappa shape index (κ3) is 7.60. The first-order chi connectivity index (χ1) is 20.9. The molecule has 4 aromatic rings. The molecule has 43 heavy (non-hydrogen) atoms. The molecule has 5 rings (SSSR count). The number of ether oxygens (including phenoxy) is 1. The molecule has 8 heteroatoms. The lowest BCUT2D eigenvalue weighted by molar-refractivity contribution is -0.117. The van der Waals surface area contributed by atoms with Crippen molar-refractivity contribution in [3.05, 3.63) is 125 Å². The van der Waals surface area contributed by atoms with Crippen molar-refractivity contribution < 1.29 is 19.1 Å². The summed E-state index contributed by atoms with van der Waals surface area (Å²) in [5, 5.41) is 2.93. The molecule has 0 atom stereocenters. The summed E-state index contributed by atoms with van der Waals surface area (Å²) in [6, 6.07) is 31.9. The minimum absolute atomic E-state index is 0.0592. The van der Waals surface area contributed by atoms with Gasteiger partial charge in [0.1, 0.15) is 12.3 Å². The number of rotatable bonds is 9. The van der Waals surface area contributed by atoms with Crippen LogP contribution in [0.4, 0.5) is 11.4 Å². The van der Waals surface area contributed by atoms with Crippen LogP contribution >= 0.6 is 0 Å². The molecule has 1 aliphatic rings. The van der Waals surface area contributed by atoms with E-state index in [0.717, 1.165) is 29.9 Å². The first-order valence-corrected chi connectivity index (χ1v) is 14.4. The van der Waals surface area contributed by atoms with E-state index in [1.165, 1.54) is 4.90 Å². The number of benzene rings is 4. The summed E-state index contributed by atoms with van der Waals surface area (Å²) in [6.45, 7) is 4.93. The number of nitrogens with zero attached hydrogens (tertiary/aromatic N) is 3. The highest BCUT2D eigenvalue weighted by atomic mass is 16.5. The number of hydrogen-bond donors (Lipinski definition) is 1. The van der Waals surface area contributed by atoms with Crippen molar-refractivity contribution in [1.29, 1.82) is 0 Å². The number of hydrogen-bond acceptors (Lipinski definition) is 5. The number of aryl methyl sites for hydroxylation is 1. The van der Waals surface area contributed by atoms with E-state index in [0.29, 0.717) is 42.2 Å². The first-order valence-electron chi connectivity index (χ1n) is 14.4. The fraction of sp³-hybridized carbons (Fsp3) is 0.229. The van der Waals surface area contributed by atoms with Crippen molar-refractivity contribution in [3.8, 4) is 5.75 Å². The molecule has 0 unspecified atom stereocenters. The molecule has 0 spiro atoms. The van der Waals surface area contributed by atoms with Gasteiger partial charge < -0.3 is 24.8 Å². The Balaban J connectivity index is 1.19. The van der Waals surface area contributed by atoms with Gasteiger partial charge in [-0.05, 0) is 67.1 Å². The standard InChI is InChI=1S/C35H36N4O4/c1-26-11-13-28(14-12-26)34(41)38-21-19-37(20-22-38)31-17-15-30(16-18-31)36-33(40)25-39(24-27-7-4-3-5-8-27)35(42)29-9-6-10-32(23-29)43-2/h3-18,23H,19-22,24-25H2,1-2H3,(H,36,40). The van der Waals surface area contributed by atoms with Crippen LogP contribution in [0.25, 0.3) is 0 Å². The Bertz CT molecular complexity index is 1550. The van der Waals surface area contributed by atoms with Crippen LogP contribution in [0.15, 0.2) is 103 Å². The number of amides is 3. The largest absolute Gasteiger partial charge is 0.497 e. The average Bonchev–Trinajstić information content (AvgIpc) is 3.05. The van der Waals surface area contributed by atoms with Gasteiger partial charge in [-0.2, -0.15) is 0 Å². The maximum atomic E-state index is 13.4. The molecule has 1 fully saturated rings. The Morgan fingerprint density at radius 3 is 2.16 bits per heavy atom. The fourth-order valence-corrected chi connectivity index (χ4v) is 5.12. The molecule has 1 heterocycles. The number of methoxy groups -OCH3 is 1. The smallest absolute Gasteiger partial charge is 0.254 e. The van der Waals surface area contributed by atoms with Crippen molar-refractivity contribution in [2.75, 3.05) is 50.1 Å². The molecule has 4 aromatic carbocycles. The van der Waals surface area contributed by atoms with Gasteiger partial charge >= 0.3 is 0 Å². The highest BCUT2D eigenvalue weighted by Crippen LogP contribution is 2.21. The molecule has 0 aliphatic carbocycles. The van der Waals surface area contributed by atoms with Gasteiger partial charge in [0.2, 0.25) is 5.91 Å². The third-order valence-electron chi connectivity index (χ3n) is 7.54. The van der Waals surface area contributed by atoms with Crippen LogP contribution in [0.5, 0.6) is 5.75 Å². The lowest BCUT2D eigenvalue weighted by atomic mass is 10.1. The van der Waals surface area contributed by atoms with Crippen LogP contribution in [0.2, 0.25) is 0 Å². The number of carbonyl (C=O) groups excluding carboxylic acids is 3. The minimum atomic E-state index is -0.289. The predicted molar refractivity (Wildman–Crippen MR) is 169 cm³/mol. The summed E-state index contributed by atoms with van der Waals surface area (Å²) < 4.78 is 5.28. The van der Waals surface area contributed by atoms with Gasteiger partial charge in [0.25, 0.3) is 11.8 Å². The topological polar surface area (TPSA) is 82.2 Å². The number of piperazine rings is 1. The average molecular weight is 577 g/mol. The van der Waals surface area contributed by atoms with Crippen molar-refractivity contribution >= 4 is 29.1 Å². The van der Waals surface area contributed by atoms with Crippen LogP contribution in [-0.2, 0) is 11.3 Å². The molecule has 1 saturated heterocycles. The molecular formula is C35H36N4O4. The predicted octanol–water partition coefficient (Wildman–Crippen LogP) is 5.25. The van der Waals surface area contributed by atoms with Crippen molar-refractivity contribution in [1.82, 2.24) is 9.80 Å². The van der Waals surface area contributed by atoms with E-state index in [2.05, 4.69) is 10.2 Å². The van der Waals surface area contributed by atoms with Gasteiger partial charge in [-0.1, -0.05) is 54.1 Å². The Labute approximate surface area is 252 Å². The lowest BCUT2D eigenvalue weighted by Crippen LogP contribution is -2.48. The molecule has 0 saturated carbocycles. The molecule has 0 bridgehead atoms. The second kappa shape index (κ2) is 13.7. The van der Waals surface area contributed by atoms with Gasteiger partial charge in [0, 0.05) is 55.2 Å². The van der Waals surface area contributed by atoms with Gasteiger partial charge in [-0.15, -0.1) is 0 Å². The van der Waals surface area contributed by atoms with E-state index < -0.39 is 0 Å². The minimum Gasteiger partial charge on any atom is -0.497 e. The molecule has 3 amide bonds. The van der Waals surface area contributed by atoms with E-state index in [1.54, 1.807) is 31.4 Å². The quantitative estimate of drug-likeness (QED) is 0.295. The number of carbonyl (C=O) groups is 3. The highest BCUT2D eigenvalue weighted by Gasteiger charge is 2.23. The molecule has 8 nitrogen and oxygen atoms in total. The monoisotopic (exact) mass is 576 g/mol. The summed E-state index contributed by atoms with van der Waals surface area (Å²) in [7, 11) is 1.55. The van der Waals surface area contributed by atoms with Gasteiger partial charge in [0.05, 0.1) is 7.11 Å². The summed E-state index contributed by atoms with van der Waals surface area (Å²) >= 11 is 0. The van der Waals surface area contributed by atoms with Crippen molar-refractivity contribution in [2.45, 2.75) is 13.5 Å². The van der Waals surface area contributed by atoms with E-state index in [9.17, 15) is 14.4 Å². The normalized spacial score (nSPS) is 12.9. The molecule has 1 N–H and O–H groups in total. The van der Waals surface area contributed by atoms with Crippen LogP contribution in [0.3, 0.4) is 0 Å². The van der Waals surface area contributed by atoms with Crippen LogP contribution in [0, 0.1) is 6.92 Å². The van der Waals surface area contributed by atoms with Crippen molar-refractivity contribution in [2.24, 2.45) is 0 Å². The molecule has 0 aromatic heterocycles. The Morgan fingerprint density at radius 1 is 0.791 bits per heavy atom. The lowest BCUT2D eigenvalue weighted by Gasteiger charge is -2.36. The van der Waals surface area contributed by atoms with E-state index in [-0.39, 0.29) is 24.3 Å². The van der Waals surface area contributed by atoms with Crippen LogP contribution in [-0.4, -0.2) is 67.4 Å². The van der Waals surface area contributed by atoms with E-state index in [1.807, 2.05) is 90.7 Å². The Kier molecular flexibility index (Phi) is 9.36. The highest BCUT2D eigenvalue weighted by molar-refractivity contribution is 5.99. The second-order valence-corrected chi connectivity index (χ2v) is 10.6. The maximum absolute atomic E-state index is 13.4. The number of nitrogens with one attached hydrogen (secondary N) is 1. The Morgan fingerprint density at radius 2 is 1.49 bits per heavy atom. The summed E-state index contributed by atoms with van der Waals surface area (Å²) in [4.78, 5) is 45.1. The zero-order chi connectivity index (χ0) is 30.2. The van der Waals surface area contributed by atoms with Gasteiger partial charge in [-0.25, -0.2) is 0 Å². The molecular weight excluding hydrogens is 540 g/mol. The zero-order valence-electron chi connectivity index (χ0n) is 24.5. The first kappa shape index (κ1) is 29.4. The molecule has 1 aliphatic heterocycles. The number of anilines is 2. The maximum Gasteiger partial charge on any atom is 0.254 e. The van der Waals surface area contributed by atoms with Gasteiger partial charge in [-0.3, -0.25) is 14.4 Å². The summed E-state index contributed by atoms with van der Waals surface area (Å²) in [5.41, 5.74) is 4.90. The summed E-state index contributed by atoms with van der Waals surface area (Å²) in [6.07, 6.45) is 0. The fourth-order valence-electron chi connectivity index (χ4n) is 5.12. The SMILES string of the molecule is COc1cccc(C(=O)N(CC(=O)Nc2ccc(N3CCN(C(=O)c4ccc(C)cc4)CC3)cc2)Cc2ccccc2)c1. The van der Waals surface area contributed by atoms with Crippen molar-refractivity contribution in [3.63, 3.8) is 0 Å². The second-order valence-electron chi connectivity index (χ2n) is 10.6. The summed E-state index contributed by atoms with van der Waals surface area (Å²) in [5.74, 6) is 0.0923. The van der Waals surface area contributed by atoms with E-state index in [4.69, 9.17) is 4.74 Å². The Hall–Kier alpha value is -5.11. The van der Waals surface area contributed by atoms with Gasteiger partial charge in [0.15, 0.2) is 0 Å². The van der Waals surface area contributed by atoms with E-state index >= 15 is 0 Å².